The molecule has 0 spiro atoms. The number of amides is 1. The molecule has 1 aliphatic rings. The van der Waals surface area contributed by atoms with Crippen LogP contribution in [0.25, 0.3) is 0 Å². The fourth-order valence-electron chi connectivity index (χ4n) is 2.89. The van der Waals surface area contributed by atoms with E-state index in [-0.39, 0.29) is 18.6 Å². The van der Waals surface area contributed by atoms with E-state index in [9.17, 15) is 4.79 Å². The molecule has 22 heavy (non-hydrogen) atoms. The molecular weight excluding hydrogens is 274 g/mol. The molecule has 0 saturated heterocycles. The minimum Gasteiger partial charge on any atom is -0.484 e. The van der Waals surface area contributed by atoms with Gasteiger partial charge >= 0.3 is 0 Å². The summed E-state index contributed by atoms with van der Waals surface area (Å²) < 4.78 is 5.47. The summed E-state index contributed by atoms with van der Waals surface area (Å²) in [7, 11) is 0. The van der Waals surface area contributed by atoms with Crippen molar-refractivity contribution in [2.45, 2.75) is 32.2 Å². The monoisotopic (exact) mass is 295 g/mol. The largest absolute Gasteiger partial charge is 0.484 e. The van der Waals surface area contributed by atoms with Gasteiger partial charge in [0.15, 0.2) is 6.61 Å². The van der Waals surface area contributed by atoms with Crippen molar-refractivity contribution in [1.29, 1.82) is 0 Å². The summed E-state index contributed by atoms with van der Waals surface area (Å²) in [6.45, 7) is 2.05. The average molecular weight is 295 g/mol. The van der Waals surface area contributed by atoms with Crippen LogP contribution in [0.3, 0.4) is 0 Å². The molecule has 0 radical (unpaired) electrons. The van der Waals surface area contributed by atoms with Gasteiger partial charge in [0.1, 0.15) is 5.75 Å². The molecule has 2 aromatic carbocycles. The Morgan fingerprint density at radius 3 is 2.73 bits per heavy atom. The SMILES string of the molecule is C[C@@H](NC(=O)COc1ccccc1)c1ccc2c(c1)CCC2. The van der Waals surface area contributed by atoms with Crippen LogP contribution in [0.1, 0.15) is 36.1 Å². The first-order valence-electron chi connectivity index (χ1n) is 7.81. The number of hydrogen-bond donors (Lipinski definition) is 1. The van der Waals surface area contributed by atoms with Crippen LogP contribution in [0.15, 0.2) is 48.5 Å². The molecule has 0 fully saturated rings. The molecule has 0 heterocycles. The molecule has 0 aromatic heterocycles. The summed E-state index contributed by atoms with van der Waals surface area (Å²) in [6.07, 6.45) is 3.58. The van der Waals surface area contributed by atoms with Crippen LogP contribution >= 0.6 is 0 Å². The van der Waals surface area contributed by atoms with Crippen molar-refractivity contribution < 1.29 is 9.53 Å². The summed E-state index contributed by atoms with van der Waals surface area (Å²) >= 11 is 0. The number of nitrogens with one attached hydrogen (secondary N) is 1. The van der Waals surface area contributed by atoms with Gasteiger partial charge < -0.3 is 10.1 Å². The molecule has 1 amide bonds. The Kier molecular flexibility index (Phi) is 4.42. The lowest BCUT2D eigenvalue weighted by molar-refractivity contribution is -0.123. The highest BCUT2D eigenvalue weighted by atomic mass is 16.5. The van der Waals surface area contributed by atoms with Gasteiger partial charge in [0.05, 0.1) is 6.04 Å². The van der Waals surface area contributed by atoms with Gasteiger partial charge in [-0.25, -0.2) is 0 Å². The molecule has 1 aliphatic carbocycles. The highest BCUT2D eigenvalue weighted by Crippen LogP contribution is 2.25. The van der Waals surface area contributed by atoms with Crippen molar-refractivity contribution in [3.8, 4) is 5.75 Å². The number of fused-ring (bicyclic) bond motifs is 1. The molecule has 0 bridgehead atoms. The maximum Gasteiger partial charge on any atom is 0.258 e. The van der Waals surface area contributed by atoms with Crippen LogP contribution in [0.2, 0.25) is 0 Å². The maximum absolute atomic E-state index is 12.0. The molecule has 3 nitrogen and oxygen atoms in total. The zero-order valence-electron chi connectivity index (χ0n) is 12.8. The van der Waals surface area contributed by atoms with Crippen LogP contribution in [-0.2, 0) is 17.6 Å². The summed E-state index contributed by atoms with van der Waals surface area (Å²) in [5.74, 6) is 0.611. The predicted molar refractivity (Wildman–Crippen MR) is 87.0 cm³/mol. The Bertz CT molecular complexity index is 652. The van der Waals surface area contributed by atoms with E-state index < -0.39 is 0 Å². The topological polar surface area (TPSA) is 38.3 Å². The van der Waals surface area contributed by atoms with Gasteiger partial charge in [-0.1, -0.05) is 36.4 Å². The highest BCUT2D eigenvalue weighted by molar-refractivity contribution is 5.78. The van der Waals surface area contributed by atoms with Crippen molar-refractivity contribution >= 4 is 5.91 Å². The average Bonchev–Trinajstić information content (AvgIpc) is 3.01. The normalized spacial score (nSPS) is 14.2. The van der Waals surface area contributed by atoms with Crippen LogP contribution in [0.5, 0.6) is 5.75 Å². The lowest BCUT2D eigenvalue weighted by Gasteiger charge is -2.16. The first-order chi connectivity index (χ1) is 10.7. The smallest absolute Gasteiger partial charge is 0.258 e. The molecule has 114 valence electrons. The minimum absolute atomic E-state index is 0.00206. The van der Waals surface area contributed by atoms with E-state index in [1.807, 2.05) is 37.3 Å². The van der Waals surface area contributed by atoms with Gasteiger partial charge in [-0.3, -0.25) is 4.79 Å². The first-order valence-corrected chi connectivity index (χ1v) is 7.81. The van der Waals surface area contributed by atoms with Gasteiger partial charge in [0.25, 0.3) is 5.91 Å². The Labute approximate surface area is 131 Å². The molecule has 3 heteroatoms. The number of benzene rings is 2. The third-order valence-corrected chi connectivity index (χ3v) is 4.11. The van der Waals surface area contributed by atoms with Crippen LogP contribution < -0.4 is 10.1 Å². The molecule has 3 rings (SSSR count). The molecule has 2 aromatic rings. The second kappa shape index (κ2) is 6.65. The summed E-state index contributed by atoms with van der Waals surface area (Å²) in [5, 5.41) is 2.99. The number of rotatable bonds is 5. The Balaban J connectivity index is 1.55. The Hall–Kier alpha value is -2.29. The standard InChI is InChI=1S/C19H21NO2/c1-14(16-11-10-15-6-5-7-17(15)12-16)20-19(21)13-22-18-8-3-2-4-9-18/h2-4,8-12,14H,5-7,13H2,1H3,(H,20,21)/t14-/m1/s1. The number of ether oxygens (including phenoxy) is 1. The van der Waals surface area contributed by atoms with E-state index in [2.05, 4.69) is 23.5 Å². The van der Waals surface area contributed by atoms with E-state index in [1.54, 1.807) is 0 Å². The number of carbonyl (C=O) groups excluding carboxylic acids is 1. The summed E-state index contributed by atoms with van der Waals surface area (Å²) in [6, 6.07) is 15.9. The van der Waals surface area contributed by atoms with Gasteiger partial charge in [0, 0.05) is 0 Å². The van der Waals surface area contributed by atoms with Crippen LogP contribution in [0, 0.1) is 0 Å². The van der Waals surface area contributed by atoms with E-state index in [1.165, 1.54) is 24.0 Å². The zero-order valence-corrected chi connectivity index (χ0v) is 12.8. The summed E-state index contributed by atoms with van der Waals surface area (Å²) in [4.78, 5) is 12.0. The van der Waals surface area contributed by atoms with Gasteiger partial charge in [0.2, 0.25) is 0 Å². The molecule has 1 N–H and O–H groups in total. The van der Waals surface area contributed by atoms with E-state index in [0.717, 1.165) is 12.0 Å². The van der Waals surface area contributed by atoms with Gasteiger partial charge in [-0.15, -0.1) is 0 Å². The van der Waals surface area contributed by atoms with Crippen LogP contribution in [-0.4, -0.2) is 12.5 Å². The van der Waals surface area contributed by atoms with Gasteiger partial charge in [-0.05, 0) is 55.0 Å². The number of para-hydroxylation sites is 1. The lowest BCUT2D eigenvalue weighted by atomic mass is 10.0. The van der Waals surface area contributed by atoms with Crippen molar-refractivity contribution in [3.63, 3.8) is 0 Å². The zero-order chi connectivity index (χ0) is 15.4. The van der Waals surface area contributed by atoms with Crippen molar-refractivity contribution in [1.82, 2.24) is 5.32 Å². The Morgan fingerprint density at radius 2 is 1.91 bits per heavy atom. The lowest BCUT2D eigenvalue weighted by Crippen LogP contribution is -2.31. The van der Waals surface area contributed by atoms with Crippen molar-refractivity contribution in [3.05, 3.63) is 65.2 Å². The summed E-state index contributed by atoms with van der Waals surface area (Å²) in [5.41, 5.74) is 4.04. The first kappa shape index (κ1) is 14.6. The highest BCUT2D eigenvalue weighted by Gasteiger charge is 2.15. The molecule has 0 saturated carbocycles. The quantitative estimate of drug-likeness (QED) is 0.917. The number of aryl methyl sites for hydroxylation is 2. The molecule has 1 atom stereocenters. The number of carbonyl (C=O) groups is 1. The second-order valence-corrected chi connectivity index (χ2v) is 5.77. The van der Waals surface area contributed by atoms with E-state index in [4.69, 9.17) is 4.74 Å². The molecular formula is C19H21NO2. The Morgan fingerprint density at radius 1 is 1.14 bits per heavy atom. The van der Waals surface area contributed by atoms with Gasteiger partial charge in [-0.2, -0.15) is 0 Å². The van der Waals surface area contributed by atoms with E-state index >= 15 is 0 Å². The van der Waals surface area contributed by atoms with Crippen LogP contribution in [0.4, 0.5) is 0 Å². The molecule has 0 aliphatic heterocycles. The molecule has 0 unspecified atom stereocenters. The van der Waals surface area contributed by atoms with Crippen molar-refractivity contribution in [2.75, 3.05) is 6.61 Å². The third-order valence-electron chi connectivity index (χ3n) is 4.11. The third kappa shape index (κ3) is 3.48. The fourth-order valence-corrected chi connectivity index (χ4v) is 2.89. The fraction of sp³-hybridized carbons (Fsp3) is 0.316. The predicted octanol–water partition coefficient (Wildman–Crippen LogP) is 3.43. The number of hydrogen-bond acceptors (Lipinski definition) is 2. The second-order valence-electron chi connectivity index (χ2n) is 5.77. The van der Waals surface area contributed by atoms with E-state index in [0.29, 0.717) is 5.75 Å². The minimum atomic E-state index is -0.100. The maximum atomic E-state index is 12.0. The van der Waals surface area contributed by atoms with Crippen molar-refractivity contribution in [2.24, 2.45) is 0 Å².